The molecule has 0 aliphatic heterocycles. The Morgan fingerprint density at radius 2 is 1.14 bits per heavy atom. The molecule has 0 spiro atoms. The highest BCUT2D eigenvalue weighted by atomic mass is 16.3. The predicted octanol–water partition coefficient (Wildman–Crippen LogP) is -0.570. The fourth-order valence-electron chi connectivity index (χ4n) is 0.510. The fraction of sp³-hybridized carbons (Fsp3) is 0.333. The van der Waals surface area contributed by atoms with Crippen LogP contribution in [0.1, 0.15) is 0 Å². The van der Waals surface area contributed by atoms with E-state index in [9.17, 15) is 0 Å². The molecule has 5 N–H and O–H groups in total. The van der Waals surface area contributed by atoms with E-state index in [2.05, 4.69) is 0 Å². The number of aliphatic hydroxyl groups excluding tert-OH is 3. The van der Waals surface area contributed by atoms with Crippen LogP contribution in [-0.4, -0.2) is 44.9 Å². The maximum absolute atomic E-state index is 8.65. The summed E-state index contributed by atoms with van der Waals surface area (Å²) in [5.74, 6) is 0.339. The molecule has 0 fully saturated rings. The molecule has 5 heteroatoms. The molecule has 0 bridgehead atoms. The van der Waals surface area contributed by atoms with E-state index >= 15 is 0 Å². The summed E-state index contributed by atoms with van der Waals surface area (Å²) in [6.07, 6.45) is -0.954. The summed E-state index contributed by atoms with van der Waals surface area (Å²) in [6.45, 7) is -0.729. The van der Waals surface area contributed by atoms with Gasteiger partial charge in [0.15, 0.2) is 0 Å². The Hall–Kier alpha value is -1.30. The number of hydrogen-bond acceptors (Lipinski definition) is 5. The molecule has 1 rings (SSSR count). The summed E-state index contributed by atoms with van der Waals surface area (Å²) in [6, 6.07) is 5.70. The van der Waals surface area contributed by atoms with E-state index < -0.39 is 6.10 Å². The van der Waals surface area contributed by atoms with Crippen LogP contribution in [0.25, 0.3) is 0 Å². The van der Waals surface area contributed by atoms with Gasteiger partial charge in [0, 0.05) is 0 Å². The first kappa shape index (κ1) is 12.7. The van der Waals surface area contributed by atoms with Crippen LogP contribution in [0, 0.1) is 0 Å². The number of aliphatic hydroxyl groups is 3. The minimum atomic E-state index is -0.954. The summed E-state index contributed by atoms with van der Waals surface area (Å²) < 4.78 is 0. The summed E-state index contributed by atoms with van der Waals surface area (Å²) in [5, 5.41) is 41.3. The highest BCUT2D eigenvalue weighted by Gasteiger charge is 1.93. The normalized spacial score (nSPS) is 9.43. The van der Waals surface area contributed by atoms with Crippen molar-refractivity contribution in [1.29, 1.82) is 0 Å². The zero-order valence-corrected chi connectivity index (χ0v) is 7.54. The molecule has 0 radical (unpaired) electrons. The van der Waals surface area contributed by atoms with E-state index in [0.717, 1.165) is 0 Å². The molecule has 0 amide bonds. The van der Waals surface area contributed by atoms with Gasteiger partial charge in [-0.25, -0.2) is 0 Å². The van der Waals surface area contributed by atoms with Crippen LogP contribution in [0.3, 0.4) is 0 Å². The van der Waals surface area contributed by atoms with Crippen LogP contribution in [0.2, 0.25) is 0 Å². The van der Waals surface area contributed by atoms with Crippen LogP contribution in [0.5, 0.6) is 11.5 Å². The summed E-state index contributed by atoms with van der Waals surface area (Å²) in [5.41, 5.74) is 0. The maximum Gasteiger partial charge on any atom is 0.115 e. The number of rotatable bonds is 2. The van der Waals surface area contributed by atoms with Crippen molar-refractivity contribution < 1.29 is 25.5 Å². The lowest BCUT2D eigenvalue weighted by Crippen LogP contribution is -2.15. The lowest BCUT2D eigenvalue weighted by Gasteiger charge is -1.96. The van der Waals surface area contributed by atoms with Crippen molar-refractivity contribution in [1.82, 2.24) is 0 Å². The van der Waals surface area contributed by atoms with Gasteiger partial charge >= 0.3 is 0 Å². The van der Waals surface area contributed by atoms with Crippen molar-refractivity contribution in [2.24, 2.45) is 0 Å². The van der Waals surface area contributed by atoms with Crippen molar-refractivity contribution in [2.45, 2.75) is 6.10 Å². The van der Waals surface area contributed by atoms with Crippen molar-refractivity contribution in [3.05, 3.63) is 24.3 Å². The van der Waals surface area contributed by atoms with Crippen LogP contribution in [-0.2, 0) is 0 Å². The first-order valence-electron chi connectivity index (χ1n) is 3.98. The third-order valence-corrected chi connectivity index (χ3v) is 1.27. The smallest absolute Gasteiger partial charge is 0.115 e. The second-order valence-corrected chi connectivity index (χ2v) is 2.54. The molecule has 0 unspecified atom stereocenters. The number of aromatic hydroxyl groups is 2. The van der Waals surface area contributed by atoms with Gasteiger partial charge in [-0.3, -0.25) is 0 Å². The SMILES string of the molecule is OCC(O)CO.Oc1ccc(O)cc1. The van der Waals surface area contributed by atoms with Gasteiger partial charge in [-0.15, -0.1) is 0 Å². The van der Waals surface area contributed by atoms with Gasteiger partial charge in [0.25, 0.3) is 0 Å². The minimum Gasteiger partial charge on any atom is -0.508 e. The fourth-order valence-corrected chi connectivity index (χ4v) is 0.510. The maximum atomic E-state index is 8.65. The molecule has 0 heterocycles. The average Bonchev–Trinajstić information content (AvgIpc) is 2.22. The monoisotopic (exact) mass is 202 g/mol. The standard InChI is InChI=1S/C6H6O2.C3H8O3/c7-5-1-2-6(8)4-3-5;4-1-3(6)2-5/h1-4,7-8H;3-6H,1-2H2. The first-order chi connectivity index (χ1) is 6.60. The van der Waals surface area contributed by atoms with Gasteiger partial charge in [-0.05, 0) is 24.3 Å². The topological polar surface area (TPSA) is 101 Å². The Morgan fingerprint density at radius 3 is 1.29 bits per heavy atom. The third-order valence-electron chi connectivity index (χ3n) is 1.27. The molecule has 5 nitrogen and oxygen atoms in total. The molecule has 14 heavy (non-hydrogen) atoms. The zero-order chi connectivity index (χ0) is 11.0. The molecule has 0 aromatic heterocycles. The number of benzene rings is 1. The Kier molecular flexibility index (Phi) is 6.47. The molecule has 1 aromatic rings. The van der Waals surface area contributed by atoms with Crippen molar-refractivity contribution in [3.63, 3.8) is 0 Å². The second-order valence-electron chi connectivity index (χ2n) is 2.54. The Balaban J connectivity index is 0.000000255. The van der Waals surface area contributed by atoms with Gasteiger partial charge in [0.1, 0.15) is 17.6 Å². The molecule has 80 valence electrons. The van der Waals surface area contributed by atoms with Crippen molar-refractivity contribution >= 4 is 0 Å². The van der Waals surface area contributed by atoms with Crippen LogP contribution < -0.4 is 0 Å². The van der Waals surface area contributed by atoms with E-state index in [1.807, 2.05) is 0 Å². The zero-order valence-electron chi connectivity index (χ0n) is 7.54. The summed E-state index contributed by atoms with van der Waals surface area (Å²) in [7, 11) is 0. The third kappa shape index (κ3) is 6.24. The van der Waals surface area contributed by atoms with E-state index in [4.69, 9.17) is 25.5 Å². The Morgan fingerprint density at radius 1 is 0.857 bits per heavy atom. The molecule has 0 aliphatic carbocycles. The molecular weight excluding hydrogens is 188 g/mol. The van der Waals surface area contributed by atoms with Crippen molar-refractivity contribution in [3.8, 4) is 11.5 Å². The average molecular weight is 202 g/mol. The predicted molar refractivity (Wildman–Crippen MR) is 50.0 cm³/mol. The Labute approximate surface area is 81.5 Å². The lowest BCUT2D eigenvalue weighted by atomic mass is 10.3. The van der Waals surface area contributed by atoms with Gasteiger partial charge in [-0.2, -0.15) is 0 Å². The highest BCUT2D eigenvalue weighted by Crippen LogP contribution is 2.13. The number of phenolic OH excluding ortho intramolecular Hbond substituents is 2. The van der Waals surface area contributed by atoms with E-state index in [1.54, 1.807) is 0 Å². The van der Waals surface area contributed by atoms with Gasteiger partial charge < -0.3 is 25.5 Å². The van der Waals surface area contributed by atoms with Crippen LogP contribution >= 0.6 is 0 Å². The molecule has 1 aromatic carbocycles. The van der Waals surface area contributed by atoms with E-state index in [1.165, 1.54) is 24.3 Å². The van der Waals surface area contributed by atoms with E-state index in [0.29, 0.717) is 0 Å². The summed E-state index contributed by atoms with van der Waals surface area (Å²) in [4.78, 5) is 0. The summed E-state index contributed by atoms with van der Waals surface area (Å²) >= 11 is 0. The van der Waals surface area contributed by atoms with Gasteiger partial charge in [0.2, 0.25) is 0 Å². The van der Waals surface area contributed by atoms with Crippen LogP contribution in [0.15, 0.2) is 24.3 Å². The molecular formula is C9H14O5. The van der Waals surface area contributed by atoms with Gasteiger partial charge in [-0.1, -0.05) is 0 Å². The molecule has 0 atom stereocenters. The highest BCUT2D eigenvalue weighted by molar-refractivity contribution is 5.28. The quantitative estimate of drug-likeness (QED) is 0.413. The number of hydrogen-bond donors (Lipinski definition) is 5. The second kappa shape index (κ2) is 7.14. The van der Waals surface area contributed by atoms with Crippen molar-refractivity contribution in [2.75, 3.05) is 13.2 Å². The molecule has 0 aliphatic rings. The van der Waals surface area contributed by atoms with E-state index in [-0.39, 0.29) is 24.7 Å². The Bertz CT molecular complexity index is 208. The molecule has 0 saturated heterocycles. The minimum absolute atomic E-state index is 0.169. The number of phenols is 2. The van der Waals surface area contributed by atoms with Gasteiger partial charge in [0.05, 0.1) is 13.2 Å². The molecule has 0 saturated carbocycles. The van der Waals surface area contributed by atoms with Crippen LogP contribution in [0.4, 0.5) is 0 Å². The first-order valence-corrected chi connectivity index (χ1v) is 3.98. The lowest BCUT2D eigenvalue weighted by molar-refractivity contribution is 0.0450. The largest absolute Gasteiger partial charge is 0.508 e.